The van der Waals surface area contributed by atoms with Crippen LogP contribution >= 0.6 is 11.3 Å². The maximum Gasteiger partial charge on any atom is 0.251 e. The Balaban J connectivity index is 1.45. The zero-order valence-electron chi connectivity index (χ0n) is 19.6. The maximum absolute atomic E-state index is 12.1. The fourth-order valence-corrected chi connectivity index (χ4v) is 5.78. The SMILES string of the molecule is Cc1c(CN2CCN(C(=O)C(C)O)CC2)sc2c(N3CCOCC3)nc(-c3cccnc3)nc12. The molecular formula is C24H30N6O3S. The van der Waals surface area contributed by atoms with Crippen molar-refractivity contribution in [3.63, 3.8) is 0 Å². The van der Waals surface area contributed by atoms with Gasteiger partial charge in [0.2, 0.25) is 0 Å². The van der Waals surface area contributed by atoms with Crippen LogP contribution in [0.5, 0.6) is 0 Å². The van der Waals surface area contributed by atoms with Crippen molar-refractivity contribution in [1.29, 1.82) is 0 Å². The van der Waals surface area contributed by atoms with Gasteiger partial charge in [-0.05, 0) is 31.5 Å². The van der Waals surface area contributed by atoms with Crippen LogP contribution in [0, 0.1) is 6.92 Å². The van der Waals surface area contributed by atoms with E-state index in [0.717, 1.165) is 54.3 Å². The minimum absolute atomic E-state index is 0.189. The molecule has 0 aromatic carbocycles. The number of thiophene rings is 1. The molecule has 1 amide bonds. The van der Waals surface area contributed by atoms with Crippen LogP contribution in [-0.2, 0) is 16.1 Å². The number of morpholine rings is 1. The first kappa shape index (κ1) is 23.1. The number of carbonyl (C=O) groups excluding carboxylic acids is 1. The summed E-state index contributed by atoms with van der Waals surface area (Å²) in [5, 5.41) is 9.60. The van der Waals surface area contributed by atoms with Gasteiger partial charge in [-0.15, -0.1) is 11.3 Å². The van der Waals surface area contributed by atoms with Crippen molar-refractivity contribution in [1.82, 2.24) is 24.8 Å². The van der Waals surface area contributed by atoms with Crippen molar-refractivity contribution in [2.75, 3.05) is 57.4 Å². The molecule has 0 radical (unpaired) electrons. The lowest BCUT2D eigenvalue weighted by atomic mass is 10.2. The molecule has 1 atom stereocenters. The van der Waals surface area contributed by atoms with Gasteiger partial charge in [0, 0.05) is 68.6 Å². The highest BCUT2D eigenvalue weighted by atomic mass is 32.1. The van der Waals surface area contributed by atoms with Gasteiger partial charge in [-0.25, -0.2) is 9.97 Å². The minimum atomic E-state index is -0.942. The number of anilines is 1. The minimum Gasteiger partial charge on any atom is -0.384 e. The number of aryl methyl sites for hydroxylation is 1. The molecule has 3 aromatic heterocycles. The first-order valence-corrected chi connectivity index (χ1v) is 12.5. The Labute approximate surface area is 203 Å². The van der Waals surface area contributed by atoms with Gasteiger partial charge in [0.05, 0.1) is 23.4 Å². The third-order valence-electron chi connectivity index (χ3n) is 6.49. The van der Waals surface area contributed by atoms with Gasteiger partial charge in [0.25, 0.3) is 5.91 Å². The highest BCUT2D eigenvalue weighted by Crippen LogP contribution is 2.38. The monoisotopic (exact) mass is 482 g/mol. The number of carbonyl (C=O) groups is 1. The third-order valence-corrected chi connectivity index (χ3v) is 7.75. The molecule has 2 aliphatic heterocycles. The number of hydrogen-bond donors (Lipinski definition) is 1. The van der Waals surface area contributed by atoms with Crippen molar-refractivity contribution < 1.29 is 14.6 Å². The molecule has 1 unspecified atom stereocenters. The number of rotatable bonds is 5. The Morgan fingerprint density at radius 2 is 1.94 bits per heavy atom. The number of amides is 1. The predicted molar refractivity (Wildman–Crippen MR) is 132 cm³/mol. The van der Waals surface area contributed by atoms with E-state index in [4.69, 9.17) is 14.7 Å². The number of nitrogens with zero attached hydrogens (tertiary/aromatic N) is 6. The van der Waals surface area contributed by atoms with Gasteiger partial charge in [-0.2, -0.15) is 0 Å². The van der Waals surface area contributed by atoms with Crippen molar-refractivity contribution in [2.45, 2.75) is 26.5 Å². The van der Waals surface area contributed by atoms with Gasteiger partial charge in [-0.1, -0.05) is 0 Å². The van der Waals surface area contributed by atoms with E-state index in [2.05, 4.69) is 21.7 Å². The van der Waals surface area contributed by atoms with Crippen molar-refractivity contribution >= 4 is 33.3 Å². The van der Waals surface area contributed by atoms with E-state index in [1.807, 2.05) is 12.1 Å². The molecule has 3 aromatic rings. The zero-order chi connectivity index (χ0) is 23.7. The van der Waals surface area contributed by atoms with Gasteiger partial charge in [0.1, 0.15) is 6.10 Å². The molecule has 10 heteroatoms. The van der Waals surface area contributed by atoms with E-state index in [0.29, 0.717) is 32.1 Å². The van der Waals surface area contributed by atoms with E-state index >= 15 is 0 Å². The molecule has 180 valence electrons. The fourth-order valence-electron chi connectivity index (χ4n) is 4.48. The van der Waals surface area contributed by atoms with E-state index in [9.17, 15) is 9.90 Å². The van der Waals surface area contributed by atoms with Crippen LogP contribution in [0.25, 0.3) is 21.6 Å². The lowest BCUT2D eigenvalue weighted by Crippen LogP contribution is -2.50. The standard InChI is InChI=1S/C24H30N6O3S/c1-16-19(15-28-6-8-30(9-7-28)24(32)17(2)31)34-21-20(16)26-22(18-4-3-5-25-14-18)27-23(21)29-10-12-33-13-11-29/h3-5,14,17,31H,6-13,15H2,1-2H3. The molecule has 1 N–H and O–H groups in total. The summed E-state index contributed by atoms with van der Waals surface area (Å²) in [6.07, 6.45) is 2.62. The molecular weight excluding hydrogens is 452 g/mol. The molecule has 9 nitrogen and oxygen atoms in total. The molecule has 34 heavy (non-hydrogen) atoms. The topological polar surface area (TPSA) is 94.9 Å². The summed E-state index contributed by atoms with van der Waals surface area (Å²) in [4.78, 5) is 34.0. The fraction of sp³-hybridized carbons (Fsp3) is 0.500. The van der Waals surface area contributed by atoms with Gasteiger partial charge in [0.15, 0.2) is 11.6 Å². The number of piperazine rings is 1. The van der Waals surface area contributed by atoms with Crippen LogP contribution in [0.4, 0.5) is 5.82 Å². The van der Waals surface area contributed by atoms with E-state index in [-0.39, 0.29) is 5.91 Å². The lowest BCUT2D eigenvalue weighted by Gasteiger charge is -2.35. The molecule has 2 saturated heterocycles. The Morgan fingerprint density at radius 3 is 2.62 bits per heavy atom. The number of ether oxygens (including phenoxy) is 1. The first-order chi connectivity index (χ1) is 16.5. The lowest BCUT2D eigenvalue weighted by molar-refractivity contribution is -0.141. The van der Waals surface area contributed by atoms with Crippen molar-refractivity contribution in [3.05, 3.63) is 35.0 Å². The van der Waals surface area contributed by atoms with Crippen LogP contribution in [-0.4, -0.2) is 94.4 Å². The summed E-state index contributed by atoms with van der Waals surface area (Å²) in [6, 6.07) is 3.90. The van der Waals surface area contributed by atoms with Gasteiger partial charge >= 0.3 is 0 Å². The summed E-state index contributed by atoms with van der Waals surface area (Å²) in [5.41, 5.74) is 3.09. The molecule has 0 aliphatic carbocycles. The summed E-state index contributed by atoms with van der Waals surface area (Å²) in [7, 11) is 0. The number of fused-ring (bicyclic) bond motifs is 1. The average Bonchev–Trinajstić information content (AvgIpc) is 3.19. The highest BCUT2D eigenvalue weighted by molar-refractivity contribution is 7.19. The largest absolute Gasteiger partial charge is 0.384 e. The third kappa shape index (κ3) is 4.63. The molecule has 5 heterocycles. The Morgan fingerprint density at radius 1 is 1.18 bits per heavy atom. The van der Waals surface area contributed by atoms with Crippen LogP contribution in [0.15, 0.2) is 24.5 Å². The van der Waals surface area contributed by atoms with Crippen molar-refractivity contribution in [3.8, 4) is 11.4 Å². The second-order valence-corrected chi connectivity index (χ2v) is 9.92. The van der Waals surface area contributed by atoms with Crippen molar-refractivity contribution in [2.24, 2.45) is 0 Å². The molecule has 2 aliphatic rings. The van der Waals surface area contributed by atoms with Crippen LogP contribution in [0.1, 0.15) is 17.4 Å². The number of hydrogen-bond acceptors (Lipinski definition) is 9. The molecule has 2 fully saturated rings. The highest BCUT2D eigenvalue weighted by Gasteiger charge is 2.26. The second-order valence-electron chi connectivity index (χ2n) is 8.82. The Bertz CT molecular complexity index is 1150. The molecule has 5 rings (SSSR count). The van der Waals surface area contributed by atoms with Crippen LogP contribution < -0.4 is 4.90 Å². The summed E-state index contributed by atoms with van der Waals surface area (Å²) < 4.78 is 6.69. The van der Waals surface area contributed by atoms with E-state index in [1.54, 1.807) is 28.6 Å². The van der Waals surface area contributed by atoms with E-state index < -0.39 is 6.10 Å². The van der Waals surface area contributed by atoms with Gasteiger partial charge in [-0.3, -0.25) is 14.7 Å². The maximum atomic E-state index is 12.1. The molecule has 0 saturated carbocycles. The average molecular weight is 483 g/mol. The van der Waals surface area contributed by atoms with Crippen LogP contribution in [0.3, 0.4) is 0 Å². The smallest absolute Gasteiger partial charge is 0.251 e. The number of aliphatic hydroxyl groups excluding tert-OH is 1. The molecule has 0 spiro atoms. The normalized spacial score (nSPS) is 18.4. The molecule has 0 bridgehead atoms. The first-order valence-electron chi connectivity index (χ1n) is 11.7. The Hall–Kier alpha value is -2.66. The van der Waals surface area contributed by atoms with E-state index in [1.165, 1.54) is 17.4 Å². The van der Waals surface area contributed by atoms with Gasteiger partial charge < -0.3 is 19.6 Å². The predicted octanol–water partition coefficient (Wildman–Crippen LogP) is 1.92. The number of pyridine rings is 1. The summed E-state index contributed by atoms with van der Waals surface area (Å²) in [5.74, 6) is 1.48. The number of aliphatic hydroxyl groups is 1. The zero-order valence-corrected chi connectivity index (χ0v) is 20.4. The van der Waals surface area contributed by atoms with Crippen LogP contribution in [0.2, 0.25) is 0 Å². The summed E-state index contributed by atoms with van der Waals surface area (Å²) in [6.45, 7) is 10.3. The Kier molecular flexibility index (Phi) is 6.73. The quantitative estimate of drug-likeness (QED) is 0.590. The summed E-state index contributed by atoms with van der Waals surface area (Å²) >= 11 is 1.77. The number of aromatic nitrogens is 3. The second kappa shape index (κ2) is 9.91.